The molecule has 4 atom stereocenters. The number of aliphatic hydroxyl groups is 1. The van der Waals surface area contributed by atoms with Crippen LogP contribution in [0.5, 0.6) is 0 Å². The average molecular weight is 402 g/mol. The van der Waals surface area contributed by atoms with Gasteiger partial charge < -0.3 is 28.6 Å². The van der Waals surface area contributed by atoms with Crippen LogP contribution in [0.3, 0.4) is 0 Å². The molecule has 2 aliphatic rings. The SMILES string of the molecule is CO[C@@H]1O[C@H](CO)C(OB2OCc3ccc(Sc4ccccc4)cc32)[C@@H]1OC. The number of aliphatic hydroxyl groups excluding tert-OH is 1. The summed E-state index contributed by atoms with van der Waals surface area (Å²) in [6, 6.07) is 16.5. The predicted molar refractivity (Wildman–Crippen MR) is 106 cm³/mol. The summed E-state index contributed by atoms with van der Waals surface area (Å²) in [5.41, 5.74) is 2.09. The first kappa shape index (κ1) is 19.9. The van der Waals surface area contributed by atoms with Crippen LogP contribution < -0.4 is 5.46 Å². The van der Waals surface area contributed by atoms with E-state index in [0.29, 0.717) is 6.61 Å². The highest BCUT2D eigenvalue weighted by Crippen LogP contribution is 2.30. The van der Waals surface area contributed by atoms with Crippen LogP contribution in [0.4, 0.5) is 0 Å². The third-order valence-electron chi connectivity index (χ3n) is 4.97. The second kappa shape index (κ2) is 8.96. The van der Waals surface area contributed by atoms with Crippen LogP contribution in [-0.2, 0) is 30.1 Å². The molecular weight excluding hydrogens is 379 g/mol. The van der Waals surface area contributed by atoms with Crippen molar-refractivity contribution in [2.24, 2.45) is 0 Å². The molecule has 2 aromatic rings. The van der Waals surface area contributed by atoms with E-state index in [2.05, 4.69) is 30.3 Å². The lowest BCUT2D eigenvalue weighted by molar-refractivity contribution is -0.159. The Bertz CT molecular complexity index is 792. The zero-order chi connectivity index (χ0) is 19.5. The first-order valence-electron chi connectivity index (χ1n) is 9.18. The van der Waals surface area contributed by atoms with Crippen LogP contribution >= 0.6 is 11.8 Å². The monoisotopic (exact) mass is 402 g/mol. The molecule has 0 amide bonds. The molecular formula is C20H23BO6S. The fraction of sp³-hybridized carbons (Fsp3) is 0.400. The lowest BCUT2D eigenvalue weighted by atomic mass is 9.78. The number of fused-ring (bicyclic) bond motifs is 1. The van der Waals surface area contributed by atoms with Crippen molar-refractivity contribution < 1.29 is 28.6 Å². The molecule has 1 saturated heterocycles. The zero-order valence-corrected chi connectivity index (χ0v) is 16.6. The molecule has 1 N–H and O–H groups in total. The second-order valence-electron chi connectivity index (χ2n) is 6.68. The summed E-state index contributed by atoms with van der Waals surface area (Å²) < 4.78 is 28.6. The smallest absolute Gasteiger partial charge is 0.403 e. The summed E-state index contributed by atoms with van der Waals surface area (Å²) in [6.07, 6.45) is -2.07. The molecule has 0 bridgehead atoms. The molecule has 4 rings (SSSR count). The van der Waals surface area contributed by atoms with E-state index in [-0.39, 0.29) is 6.61 Å². The van der Waals surface area contributed by atoms with Gasteiger partial charge in [-0.1, -0.05) is 36.0 Å². The summed E-state index contributed by atoms with van der Waals surface area (Å²) >= 11 is 1.69. The average Bonchev–Trinajstić information content (AvgIpc) is 3.29. The quantitative estimate of drug-likeness (QED) is 0.709. The van der Waals surface area contributed by atoms with Gasteiger partial charge in [-0.05, 0) is 35.3 Å². The topological polar surface area (TPSA) is 66.4 Å². The molecule has 6 nitrogen and oxygen atoms in total. The van der Waals surface area contributed by atoms with Crippen molar-refractivity contribution in [2.45, 2.75) is 41.0 Å². The normalized spacial score (nSPS) is 26.6. The number of rotatable bonds is 7. The second-order valence-corrected chi connectivity index (χ2v) is 7.83. The molecule has 2 aliphatic heterocycles. The lowest BCUT2D eigenvalue weighted by Gasteiger charge is -2.24. The molecule has 8 heteroatoms. The van der Waals surface area contributed by atoms with Crippen LogP contribution in [0.2, 0.25) is 0 Å². The Hall–Kier alpha value is -1.39. The van der Waals surface area contributed by atoms with E-state index in [1.165, 1.54) is 4.90 Å². The Labute approximate surface area is 169 Å². The van der Waals surface area contributed by atoms with Gasteiger partial charge in [0.1, 0.15) is 18.3 Å². The minimum Gasteiger partial charge on any atom is -0.403 e. The highest BCUT2D eigenvalue weighted by Gasteiger charge is 2.48. The van der Waals surface area contributed by atoms with Crippen LogP contribution in [0, 0.1) is 0 Å². The van der Waals surface area contributed by atoms with Crippen LogP contribution in [0.1, 0.15) is 5.56 Å². The highest BCUT2D eigenvalue weighted by atomic mass is 32.2. The van der Waals surface area contributed by atoms with Crippen molar-refractivity contribution in [3.8, 4) is 0 Å². The van der Waals surface area contributed by atoms with Gasteiger partial charge in [-0.15, -0.1) is 0 Å². The number of hydrogen-bond donors (Lipinski definition) is 1. The third-order valence-corrected chi connectivity index (χ3v) is 5.97. The Kier molecular flexibility index (Phi) is 6.37. The van der Waals surface area contributed by atoms with E-state index in [1.54, 1.807) is 26.0 Å². The van der Waals surface area contributed by atoms with E-state index in [4.69, 9.17) is 23.5 Å². The summed E-state index contributed by atoms with van der Waals surface area (Å²) in [5.74, 6) is 0. The summed E-state index contributed by atoms with van der Waals surface area (Å²) in [5, 5.41) is 9.68. The van der Waals surface area contributed by atoms with Gasteiger partial charge in [0.25, 0.3) is 0 Å². The molecule has 28 heavy (non-hydrogen) atoms. The number of ether oxygens (including phenoxy) is 3. The highest BCUT2D eigenvalue weighted by molar-refractivity contribution is 7.99. The first-order chi connectivity index (χ1) is 13.7. The first-order valence-corrected chi connectivity index (χ1v) is 10.00. The van der Waals surface area contributed by atoms with Gasteiger partial charge in [0.2, 0.25) is 0 Å². The minimum atomic E-state index is -0.590. The van der Waals surface area contributed by atoms with Gasteiger partial charge in [-0.2, -0.15) is 0 Å². The number of benzene rings is 2. The Balaban J connectivity index is 1.53. The molecule has 148 valence electrons. The summed E-state index contributed by atoms with van der Waals surface area (Å²) in [7, 11) is 2.58. The number of hydrogen-bond acceptors (Lipinski definition) is 7. The molecule has 0 radical (unpaired) electrons. The van der Waals surface area contributed by atoms with E-state index in [0.717, 1.165) is 15.9 Å². The predicted octanol–water partition coefficient (Wildman–Crippen LogP) is 1.83. The number of methoxy groups -OCH3 is 2. The maximum atomic E-state index is 9.68. The van der Waals surface area contributed by atoms with Crippen molar-refractivity contribution in [2.75, 3.05) is 20.8 Å². The van der Waals surface area contributed by atoms with E-state index in [1.807, 2.05) is 18.2 Å². The van der Waals surface area contributed by atoms with Crippen LogP contribution in [0.25, 0.3) is 0 Å². The van der Waals surface area contributed by atoms with Crippen molar-refractivity contribution in [1.82, 2.24) is 0 Å². The van der Waals surface area contributed by atoms with E-state index in [9.17, 15) is 5.11 Å². The van der Waals surface area contributed by atoms with Gasteiger partial charge >= 0.3 is 7.12 Å². The molecule has 0 saturated carbocycles. The van der Waals surface area contributed by atoms with Gasteiger partial charge in [0, 0.05) is 24.0 Å². The Morgan fingerprint density at radius 1 is 1.07 bits per heavy atom. The van der Waals surface area contributed by atoms with Gasteiger partial charge in [0.15, 0.2) is 6.29 Å². The van der Waals surface area contributed by atoms with Crippen molar-refractivity contribution in [1.29, 1.82) is 0 Å². The molecule has 0 spiro atoms. The largest absolute Gasteiger partial charge is 0.494 e. The minimum absolute atomic E-state index is 0.187. The van der Waals surface area contributed by atoms with Gasteiger partial charge in [-0.25, -0.2) is 0 Å². The summed E-state index contributed by atoms with van der Waals surface area (Å²) in [4.78, 5) is 2.29. The zero-order valence-electron chi connectivity index (χ0n) is 15.8. The molecule has 2 heterocycles. The molecule has 1 unspecified atom stereocenters. The fourth-order valence-electron chi connectivity index (χ4n) is 3.56. The van der Waals surface area contributed by atoms with Crippen molar-refractivity contribution in [3.05, 3.63) is 54.1 Å². The summed E-state index contributed by atoms with van der Waals surface area (Å²) in [6.45, 7) is 0.298. The van der Waals surface area contributed by atoms with Crippen molar-refractivity contribution >= 4 is 24.3 Å². The fourth-order valence-corrected chi connectivity index (χ4v) is 4.45. The van der Waals surface area contributed by atoms with Gasteiger partial charge in [0.05, 0.1) is 13.2 Å². The Morgan fingerprint density at radius 2 is 1.89 bits per heavy atom. The van der Waals surface area contributed by atoms with Gasteiger partial charge in [-0.3, -0.25) is 0 Å². The molecule has 0 aromatic heterocycles. The molecule has 0 aliphatic carbocycles. The molecule has 2 aromatic carbocycles. The maximum Gasteiger partial charge on any atom is 0.494 e. The lowest BCUT2D eigenvalue weighted by Crippen LogP contribution is -2.46. The van der Waals surface area contributed by atoms with Crippen LogP contribution in [-0.4, -0.2) is 57.7 Å². The van der Waals surface area contributed by atoms with E-state index >= 15 is 0 Å². The molecule has 1 fully saturated rings. The Morgan fingerprint density at radius 3 is 2.61 bits per heavy atom. The van der Waals surface area contributed by atoms with Crippen molar-refractivity contribution in [3.63, 3.8) is 0 Å². The van der Waals surface area contributed by atoms with Crippen LogP contribution in [0.15, 0.2) is 58.3 Å². The maximum absolute atomic E-state index is 9.68. The standard InChI is InChI=1S/C20H23BO6S/c1-23-19-18(17(11-22)26-20(19)24-2)27-21-16-10-15(9-8-13(16)12-25-21)28-14-6-4-3-5-7-14/h3-10,17-20,22H,11-12H2,1-2H3/t17-,18?,19+,20-/m1/s1. The van der Waals surface area contributed by atoms with E-state index < -0.39 is 31.7 Å². The third kappa shape index (κ3) is 4.00.